The minimum Gasteiger partial charge on any atom is -0.371 e. The van der Waals surface area contributed by atoms with E-state index in [0.29, 0.717) is 30.3 Å². The Morgan fingerprint density at radius 2 is 1.70 bits per heavy atom. The number of hydrogen-bond acceptors (Lipinski definition) is 4. The van der Waals surface area contributed by atoms with E-state index < -0.39 is 10.0 Å². The van der Waals surface area contributed by atoms with Gasteiger partial charge in [-0.2, -0.15) is 4.31 Å². The number of sulfonamides is 1. The molecule has 0 spiro atoms. The summed E-state index contributed by atoms with van der Waals surface area (Å²) in [5.41, 5.74) is 1.85. The van der Waals surface area contributed by atoms with Crippen molar-refractivity contribution in [1.82, 2.24) is 4.31 Å². The van der Waals surface area contributed by atoms with Crippen LogP contribution in [-0.4, -0.2) is 44.8 Å². The van der Waals surface area contributed by atoms with Gasteiger partial charge in [0.2, 0.25) is 10.0 Å². The SMILES string of the molecule is CCN(CC)S(=O)(=O)c1ccc(N2CCC(C)CC2)c(C(=O)Nc2ccccc2)c1. The largest absolute Gasteiger partial charge is 0.371 e. The first-order valence-electron chi connectivity index (χ1n) is 10.6. The molecule has 1 saturated heterocycles. The number of nitrogens with one attached hydrogen (secondary N) is 1. The van der Waals surface area contributed by atoms with Gasteiger partial charge in [-0.25, -0.2) is 8.42 Å². The molecule has 6 nitrogen and oxygen atoms in total. The van der Waals surface area contributed by atoms with Gasteiger partial charge in [0.05, 0.1) is 10.5 Å². The molecule has 0 aromatic heterocycles. The van der Waals surface area contributed by atoms with Crippen molar-refractivity contribution in [1.29, 1.82) is 0 Å². The molecule has 1 aliphatic rings. The van der Waals surface area contributed by atoms with Crippen LogP contribution < -0.4 is 10.2 Å². The highest BCUT2D eigenvalue weighted by Crippen LogP contribution is 2.30. The van der Waals surface area contributed by atoms with Crippen LogP contribution in [0.5, 0.6) is 0 Å². The fraction of sp³-hybridized carbons (Fsp3) is 0.435. The van der Waals surface area contributed by atoms with E-state index in [2.05, 4.69) is 17.1 Å². The van der Waals surface area contributed by atoms with E-state index in [4.69, 9.17) is 0 Å². The van der Waals surface area contributed by atoms with Crippen LogP contribution in [0, 0.1) is 5.92 Å². The number of carbonyl (C=O) groups is 1. The second kappa shape index (κ2) is 9.62. The fourth-order valence-corrected chi connectivity index (χ4v) is 5.30. The number of carbonyl (C=O) groups excluding carboxylic acids is 1. The molecule has 3 rings (SSSR count). The molecule has 0 atom stereocenters. The number of amides is 1. The molecule has 0 saturated carbocycles. The highest BCUT2D eigenvalue weighted by Gasteiger charge is 2.26. The Morgan fingerprint density at radius 3 is 2.30 bits per heavy atom. The molecule has 162 valence electrons. The Balaban J connectivity index is 2.01. The maximum Gasteiger partial charge on any atom is 0.257 e. The molecule has 30 heavy (non-hydrogen) atoms. The lowest BCUT2D eigenvalue weighted by molar-refractivity contribution is 0.102. The van der Waals surface area contributed by atoms with Gasteiger partial charge in [-0.05, 0) is 49.1 Å². The van der Waals surface area contributed by atoms with Gasteiger partial charge < -0.3 is 10.2 Å². The van der Waals surface area contributed by atoms with Crippen LogP contribution in [0.4, 0.5) is 11.4 Å². The van der Waals surface area contributed by atoms with Crippen LogP contribution in [0.2, 0.25) is 0 Å². The third-order valence-electron chi connectivity index (χ3n) is 5.71. The Hall–Kier alpha value is -2.38. The van der Waals surface area contributed by atoms with Crippen LogP contribution in [0.1, 0.15) is 44.0 Å². The van der Waals surface area contributed by atoms with Gasteiger partial charge >= 0.3 is 0 Å². The Bertz CT molecular complexity index is 964. The van der Waals surface area contributed by atoms with Gasteiger partial charge in [0, 0.05) is 37.6 Å². The Kier molecular flexibility index (Phi) is 7.15. The average molecular weight is 430 g/mol. The number of rotatable bonds is 7. The highest BCUT2D eigenvalue weighted by atomic mass is 32.2. The third-order valence-corrected chi connectivity index (χ3v) is 7.76. The maximum absolute atomic E-state index is 13.2. The van der Waals surface area contributed by atoms with Crippen LogP contribution >= 0.6 is 0 Å². The summed E-state index contributed by atoms with van der Waals surface area (Å²) in [5.74, 6) is 0.358. The molecule has 0 unspecified atom stereocenters. The molecule has 1 heterocycles. The molecule has 1 amide bonds. The first kappa shape index (κ1) is 22.3. The van der Waals surface area contributed by atoms with Gasteiger partial charge in [0.25, 0.3) is 5.91 Å². The summed E-state index contributed by atoms with van der Waals surface area (Å²) in [6, 6.07) is 14.2. The molecule has 0 radical (unpaired) electrons. The third kappa shape index (κ3) is 4.84. The van der Waals surface area contributed by atoms with Crippen LogP contribution in [0.25, 0.3) is 0 Å². The van der Waals surface area contributed by atoms with Crippen molar-refractivity contribution in [3.05, 3.63) is 54.1 Å². The summed E-state index contributed by atoms with van der Waals surface area (Å²) in [7, 11) is -3.65. The van der Waals surface area contributed by atoms with E-state index in [-0.39, 0.29) is 10.8 Å². The standard InChI is InChI=1S/C23H31N3O3S/c1-4-26(5-2)30(28,29)20-11-12-22(25-15-13-18(3)14-16-25)21(17-20)23(27)24-19-9-7-6-8-10-19/h6-12,17-18H,4-5,13-16H2,1-3H3,(H,24,27). The molecule has 2 aromatic carbocycles. The molecule has 0 bridgehead atoms. The monoisotopic (exact) mass is 429 g/mol. The summed E-state index contributed by atoms with van der Waals surface area (Å²) in [6.07, 6.45) is 2.11. The number of anilines is 2. The van der Waals surface area contributed by atoms with E-state index in [1.807, 2.05) is 44.2 Å². The predicted molar refractivity (Wildman–Crippen MR) is 122 cm³/mol. The van der Waals surface area contributed by atoms with Gasteiger partial charge in [-0.1, -0.05) is 39.0 Å². The number of nitrogens with zero attached hydrogens (tertiary/aromatic N) is 2. The molecule has 1 aliphatic heterocycles. The van der Waals surface area contributed by atoms with E-state index in [1.54, 1.807) is 12.1 Å². The van der Waals surface area contributed by atoms with Crippen molar-refractivity contribution in [2.24, 2.45) is 5.92 Å². The van der Waals surface area contributed by atoms with E-state index in [0.717, 1.165) is 31.6 Å². The van der Waals surface area contributed by atoms with Crippen LogP contribution in [-0.2, 0) is 10.0 Å². The summed E-state index contributed by atoms with van der Waals surface area (Å²) in [6.45, 7) is 8.34. The number of hydrogen-bond donors (Lipinski definition) is 1. The van der Waals surface area contributed by atoms with E-state index in [9.17, 15) is 13.2 Å². The minimum absolute atomic E-state index is 0.151. The molecular weight excluding hydrogens is 398 g/mol. The average Bonchev–Trinajstić information content (AvgIpc) is 2.75. The normalized spacial score (nSPS) is 15.4. The molecule has 0 aliphatic carbocycles. The van der Waals surface area contributed by atoms with E-state index >= 15 is 0 Å². The number of benzene rings is 2. The van der Waals surface area contributed by atoms with Gasteiger partial charge in [-0.3, -0.25) is 4.79 Å². The molecule has 2 aromatic rings. The maximum atomic E-state index is 13.2. The quantitative estimate of drug-likeness (QED) is 0.716. The van der Waals surface area contributed by atoms with Crippen molar-refractivity contribution in [3.8, 4) is 0 Å². The van der Waals surface area contributed by atoms with Gasteiger partial charge in [0.1, 0.15) is 0 Å². The van der Waals surface area contributed by atoms with Crippen molar-refractivity contribution in [2.45, 2.75) is 38.5 Å². The lowest BCUT2D eigenvalue weighted by Gasteiger charge is -2.33. The van der Waals surface area contributed by atoms with Crippen molar-refractivity contribution < 1.29 is 13.2 Å². The summed E-state index contributed by atoms with van der Waals surface area (Å²) in [5, 5.41) is 2.91. The van der Waals surface area contributed by atoms with E-state index in [1.165, 1.54) is 10.4 Å². The van der Waals surface area contributed by atoms with Crippen LogP contribution in [0.15, 0.2) is 53.4 Å². The summed E-state index contributed by atoms with van der Waals surface area (Å²) >= 11 is 0. The second-order valence-electron chi connectivity index (χ2n) is 7.76. The molecular formula is C23H31N3O3S. The predicted octanol–water partition coefficient (Wildman–Crippen LogP) is 4.21. The van der Waals surface area contributed by atoms with Gasteiger partial charge in [0.15, 0.2) is 0 Å². The Labute approximate surface area is 179 Å². The second-order valence-corrected chi connectivity index (χ2v) is 9.70. The lowest BCUT2D eigenvalue weighted by Crippen LogP contribution is -2.35. The number of para-hydroxylation sites is 1. The zero-order chi connectivity index (χ0) is 21.7. The van der Waals surface area contributed by atoms with Gasteiger partial charge in [-0.15, -0.1) is 0 Å². The van der Waals surface area contributed by atoms with Crippen molar-refractivity contribution in [2.75, 3.05) is 36.4 Å². The highest BCUT2D eigenvalue weighted by molar-refractivity contribution is 7.89. The molecule has 7 heteroatoms. The first-order chi connectivity index (χ1) is 14.4. The summed E-state index contributed by atoms with van der Waals surface area (Å²) < 4.78 is 27.5. The Morgan fingerprint density at radius 1 is 1.07 bits per heavy atom. The summed E-state index contributed by atoms with van der Waals surface area (Å²) in [4.78, 5) is 15.5. The lowest BCUT2D eigenvalue weighted by atomic mass is 9.98. The zero-order valence-corrected chi connectivity index (χ0v) is 18.8. The van der Waals surface area contributed by atoms with Crippen molar-refractivity contribution in [3.63, 3.8) is 0 Å². The topological polar surface area (TPSA) is 69.7 Å². The number of piperidine rings is 1. The van der Waals surface area contributed by atoms with Crippen LogP contribution in [0.3, 0.4) is 0 Å². The van der Waals surface area contributed by atoms with Crippen molar-refractivity contribution >= 4 is 27.3 Å². The first-order valence-corrected chi connectivity index (χ1v) is 12.1. The zero-order valence-electron chi connectivity index (χ0n) is 18.0. The fourth-order valence-electron chi connectivity index (χ4n) is 3.82. The minimum atomic E-state index is -3.65. The smallest absolute Gasteiger partial charge is 0.257 e. The molecule has 1 N–H and O–H groups in total. The molecule has 1 fully saturated rings.